The molecule has 160 valence electrons. The summed E-state index contributed by atoms with van der Waals surface area (Å²) in [6, 6.07) is 11.5. The van der Waals surface area contributed by atoms with Crippen LogP contribution in [-0.4, -0.2) is 49.9 Å². The first-order chi connectivity index (χ1) is 14.5. The molecule has 0 saturated carbocycles. The highest BCUT2D eigenvalue weighted by Gasteiger charge is 2.27. The highest BCUT2D eigenvalue weighted by atomic mass is 32.2. The first-order valence-corrected chi connectivity index (χ1v) is 12.3. The van der Waals surface area contributed by atoms with Crippen molar-refractivity contribution in [3.8, 4) is 0 Å². The number of hydrogen-bond donors (Lipinski definition) is 2. The zero-order chi connectivity index (χ0) is 21.0. The molecule has 1 aliphatic rings. The van der Waals surface area contributed by atoms with Gasteiger partial charge in [0.2, 0.25) is 5.91 Å². The molecule has 4 rings (SSSR count). The summed E-state index contributed by atoms with van der Waals surface area (Å²) in [5.74, 6) is -0.0270. The van der Waals surface area contributed by atoms with Gasteiger partial charge in [-0.15, -0.1) is 11.3 Å². The number of para-hydroxylation sites is 1. The van der Waals surface area contributed by atoms with Crippen molar-refractivity contribution in [3.05, 3.63) is 53.0 Å². The fourth-order valence-corrected chi connectivity index (χ4v) is 6.42. The highest BCUT2D eigenvalue weighted by molar-refractivity contribution is 7.91. The van der Waals surface area contributed by atoms with E-state index in [0.29, 0.717) is 43.5 Å². The largest absolute Gasteiger partial charge is 0.379 e. The van der Waals surface area contributed by atoms with Crippen LogP contribution in [0.1, 0.15) is 23.3 Å². The second-order valence-corrected chi connectivity index (χ2v) is 10.6. The lowest BCUT2D eigenvalue weighted by Crippen LogP contribution is -2.40. The number of carbonyl (C=O) groups is 1. The van der Waals surface area contributed by atoms with Gasteiger partial charge in [0.05, 0.1) is 19.8 Å². The third kappa shape index (κ3) is 4.75. The van der Waals surface area contributed by atoms with Crippen LogP contribution in [0.2, 0.25) is 0 Å². The molecule has 1 amide bonds. The van der Waals surface area contributed by atoms with E-state index in [9.17, 15) is 13.2 Å². The summed E-state index contributed by atoms with van der Waals surface area (Å²) >= 11 is 1.21. The van der Waals surface area contributed by atoms with Crippen LogP contribution in [-0.2, 0) is 32.5 Å². The van der Waals surface area contributed by atoms with Gasteiger partial charge in [0, 0.05) is 41.5 Å². The average molecular weight is 448 g/mol. The molecule has 2 N–H and O–H groups in total. The minimum absolute atomic E-state index is 0.0270. The van der Waals surface area contributed by atoms with Crippen LogP contribution < -0.4 is 5.32 Å². The van der Waals surface area contributed by atoms with Gasteiger partial charge in [0.15, 0.2) is 0 Å². The van der Waals surface area contributed by atoms with Gasteiger partial charge >= 0.3 is 0 Å². The van der Waals surface area contributed by atoms with E-state index in [-0.39, 0.29) is 5.91 Å². The Morgan fingerprint density at radius 1 is 1.17 bits per heavy atom. The topological polar surface area (TPSA) is 91.5 Å². The van der Waals surface area contributed by atoms with Gasteiger partial charge in [0.25, 0.3) is 10.0 Å². The SMILES string of the molecule is O=C(CCCc1c[nH]c2ccccc12)NCc1ccc(S(=O)(=O)N2CCOCC2)s1. The van der Waals surface area contributed by atoms with Gasteiger partial charge in [-0.1, -0.05) is 18.2 Å². The molecule has 1 fully saturated rings. The maximum atomic E-state index is 12.7. The minimum atomic E-state index is -3.48. The molecule has 0 radical (unpaired) electrons. The standard InChI is InChI=1S/C21H25N3O4S2/c25-20(7-3-4-16-14-22-19-6-2-1-5-18(16)19)23-15-17-8-9-21(29-17)30(26,27)24-10-12-28-13-11-24/h1-2,5-6,8-9,14,22H,3-4,7,10-13,15H2,(H,23,25). The van der Waals surface area contributed by atoms with Crippen LogP contribution in [0.25, 0.3) is 10.9 Å². The number of fused-ring (bicyclic) bond motifs is 1. The first kappa shape index (κ1) is 21.0. The number of aromatic nitrogens is 1. The Labute approximate surface area is 180 Å². The van der Waals surface area contributed by atoms with Crippen LogP contribution in [0, 0.1) is 0 Å². The maximum absolute atomic E-state index is 12.7. The molecular weight excluding hydrogens is 422 g/mol. The number of carbonyl (C=O) groups excluding carboxylic acids is 1. The summed E-state index contributed by atoms with van der Waals surface area (Å²) in [4.78, 5) is 16.3. The van der Waals surface area contributed by atoms with E-state index in [4.69, 9.17) is 4.74 Å². The van der Waals surface area contributed by atoms with Crippen molar-refractivity contribution in [2.24, 2.45) is 0 Å². The summed E-state index contributed by atoms with van der Waals surface area (Å²) in [7, 11) is -3.48. The van der Waals surface area contributed by atoms with E-state index < -0.39 is 10.0 Å². The number of aromatic amines is 1. The van der Waals surface area contributed by atoms with E-state index in [1.165, 1.54) is 26.6 Å². The van der Waals surface area contributed by atoms with E-state index in [0.717, 1.165) is 23.2 Å². The van der Waals surface area contributed by atoms with Crippen molar-refractivity contribution in [1.29, 1.82) is 0 Å². The predicted molar refractivity (Wildman–Crippen MR) is 117 cm³/mol. The number of amides is 1. The number of nitrogens with zero attached hydrogens (tertiary/aromatic N) is 1. The zero-order valence-corrected chi connectivity index (χ0v) is 18.2. The Morgan fingerprint density at radius 3 is 2.80 bits per heavy atom. The number of nitrogens with one attached hydrogen (secondary N) is 2. The summed E-state index contributed by atoms with van der Waals surface area (Å²) in [5.41, 5.74) is 2.33. The van der Waals surface area contributed by atoms with Gasteiger partial charge in [-0.05, 0) is 36.6 Å². The molecule has 9 heteroatoms. The van der Waals surface area contributed by atoms with E-state index in [2.05, 4.69) is 16.4 Å². The molecule has 7 nitrogen and oxygen atoms in total. The summed E-state index contributed by atoms with van der Waals surface area (Å²) in [5, 5.41) is 4.10. The Balaban J connectivity index is 1.25. The maximum Gasteiger partial charge on any atom is 0.252 e. The summed E-state index contributed by atoms with van der Waals surface area (Å²) in [6.45, 7) is 1.94. The Bertz CT molecular complexity index is 1110. The Hall–Kier alpha value is -2.20. The highest BCUT2D eigenvalue weighted by Crippen LogP contribution is 2.25. The van der Waals surface area contributed by atoms with Crippen molar-refractivity contribution in [1.82, 2.24) is 14.6 Å². The van der Waals surface area contributed by atoms with Crippen LogP contribution in [0.3, 0.4) is 0 Å². The van der Waals surface area contributed by atoms with Crippen LogP contribution in [0.15, 0.2) is 46.8 Å². The molecule has 0 aliphatic carbocycles. The zero-order valence-electron chi connectivity index (χ0n) is 16.6. The van der Waals surface area contributed by atoms with Crippen LogP contribution >= 0.6 is 11.3 Å². The predicted octanol–water partition coefficient (Wildman–Crippen LogP) is 2.89. The van der Waals surface area contributed by atoms with Crippen molar-refractivity contribution >= 4 is 38.2 Å². The first-order valence-electron chi connectivity index (χ1n) is 10.0. The van der Waals surface area contributed by atoms with E-state index in [1.807, 2.05) is 24.4 Å². The third-order valence-electron chi connectivity index (χ3n) is 5.19. The molecule has 3 heterocycles. The molecule has 1 saturated heterocycles. The average Bonchev–Trinajstić information content (AvgIpc) is 3.41. The molecular formula is C21H25N3O4S2. The van der Waals surface area contributed by atoms with Crippen LogP contribution in [0.5, 0.6) is 0 Å². The molecule has 3 aromatic rings. The number of rotatable bonds is 8. The number of morpholine rings is 1. The smallest absolute Gasteiger partial charge is 0.252 e. The third-order valence-corrected chi connectivity index (χ3v) is 8.64. The Morgan fingerprint density at radius 2 is 1.97 bits per heavy atom. The van der Waals surface area contributed by atoms with Gasteiger partial charge < -0.3 is 15.0 Å². The molecule has 1 aromatic carbocycles. The van der Waals surface area contributed by atoms with Crippen molar-refractivity contribution < 1.29 is 17.9 Å². The number of aryl methyl sites for hydroxylation is 1. The number of benzene rings is 1. The van der Waals surface area contributed by atoms with Gasteiger partial charge in [-0.2, -0.15) is 4.31 Å². The quantitative estimate of drug-likeness (QED) is 0.555. The monoisotopic (exact) mass is 447 g/mol. The van der Waals surface area contributed by atoms with Gasteiger partial charge in [0.1, 0.15) is 4.21 Å². The van der Waals surface area contributed by atoms with Gasteiger partial charge in [-0.3, -0.25) is 4.79 Å². The van der Waals surface area contributed by atoms with Crippen molar-refractivity contribution in [3.63, 3.8) is 0 Å². The number of hydrogen-bond acceptors (Lipinski definition) is 5. The van der Waals surface area contributed by atoms with E-state index in [1.54, 1.807) is 12.1 Å². The second-order valence-electron chi connectivity index (χ2n) is 7.23. The lowest BCUT2D eigenvalue weighted by molar-refractivity contribution is -0.121. The molecule has 30 heavy (non-hydrogen) atoms. The van der Waals surface area contributed by atoms with Gasteiger partial charge in [-0.25, -0.2) is 8.42 Å². The minimum Gasteiger partial charge on any atom is -0.379 e. The second kappa shape index (κ2) is 9.30. The normalized spacial score (nSPS) is 15.5. The van der Waals surface area contributed by atoms with Crippen molar-refractivity contribution in [2.75, 3.05) is 26.3 Å². The van der Waals surface area contributed by atoms with Crippen molar-refractivity contribution in [2.45, 2.75) is 30.0 Å². The number of ether oxygens (including phenoxy) is 1. The summed E-state index contributed by atoms with van der Waals surface area (Å²) < 4.78 is 32.3. The number of sulfonamides is 1. The fraction of sp³-hybridized carbons (Fsp3) is 0.381. The molecule has 1 aliphatic heterocycles. The number of H-pyrrole nitrogens is 1. The number of thiophene rings is 1. The fourth-order valence-electron chi connectivity index (χ4n) is 3.56. The molecule has 2 aromatic heterocycles. The molecule has 0 bridgehead atoms. The lowest BCUT2D eigenvalue weighted by atomic mass is 10.1. The molecule has 0 atom stereocenters. The summed E-state index contributed by atoms with van der Waals surface area (Å²) in [6.07, 6.45) is 4.03. The lowest BCUT2D eigenvalue weighted by Gasteiger charge is -2.25. The molecule has 0 spiro atoms. The van der Waals surface area contributed by atoms with E-state index >= 15 is 0 Å². The molecule has 0 unspecified atom stereocenters. The Kier molecular flexibility index (Phi) is 6.52. The van der Waals surface area contributed by atoms with Crippen LogP contribution in [0.4, 0.5) is 0 Å².